The molecule has 1 amide bonds. The number of anilines is 1. The van der Waals surface area contributed by atoms with Gasteiger partial charge in [0.1, 0.15) is 17.1 Å². The highest BCUT2D eigenvalue weighted by atomic mass is 19.4. The van der Waals surface area contributed by atoms with Crippen molar-refractivity contribution in [1.29, 1.82) is 0 Å². The molecule has 1 heterocycles. The second-order valence-corrected chi connectivity index (χ2v) is 7.75. The van der Waals surface area contributed by atoms with Gasteiger partial charge in [0.05, 0.1) is 7.11 Å². The number of methoxy groups -OCH3 is 1. The molecule has 1 fully saturated rings. The summed E-state index contributed by atoms with van der Waals surface area (Å²) in [6.07, 6.45) is -5.49. The average molecular weight is 457 g/mol. The Kier molecular flexibility index (Phi) is 7.20. The Balaban J connectivity index is 1.63. The number of carbonyl (C=O) groups is 1. The molecule has 1 saturated carbocycles. The van der Waals surface area contributed by atoms with E-state index in [0.29, 0.717) is 37.0 Å². The predicted octanol–water partition coefficient (Wildman–Crippen LogP) is 5.22. The Morgan fingerprint density at radius 2 is 1.75 bits per heavy atom. The van der Waals surface area contributed by atoms with Crippen molar-refractivity contribution in [3.05, 3.63) is 53.3 Å². The predicted molar refractivity (Wildman–Crippen MR) is 109 cm³/mol. The van der Waals surface area contributed by atoms with Gasteiger partial charge in [0.2, 0.25) is 0 Å². The Bertz CT molecular complexity index is 926. The maximum atomic E-state index is 13.1. The quantitative estimate of drug-likeness (QED) is 0.604. The highest BCUT2D eigenvalue weighted by Crippen LogP contribution is 2.34. The maximum Gasteiger partial charge on any atom is 0.433 e. The number of alkyl halides is 5. The minimum Gasteiger partial charge on any atom is -0.497 e. The third-order valence-electron chi connectivity index (χ3n) is 5.68. The summed E-state index contributed by atoms with van der Waals surface area (Å²) in [7, 11) is 3.13. The molecule has 1 aromatic carbocycles. The Morgan fingerprint density at radius 1 is 1.12 bits per heavy atom. The summed E-state index contributed by atoms with van der Waals surface area (Å²) in [6, 6.07) is 8.29. The van der Waals surface area contributed by atoms with Crippen molar-refractivity contribution < 1.29 is 31.5 Å². The summed E-state index contributed by atoms with van der Waals surface area (Å²) < 4.78 is 70.5. The van der Waals surface area contributed by atoms with Gasteiger partial charge >= 0.3 is 6.18 Å². The summed E-state index contributed by atoms with van der Waals surface area (Å²) in [5.74, 6) is 0.430. The third kappa shape index (κ3) is 5.66. The monoisotopic (exact) mass is 457 g/mol. The van der Waals surface area contributed by atoms with Crippen LogP contribution in [0.5, 0.6) is 5.75 Å². The first-order valence-electron chi connectivity index (χ1n) is 10.1. The fraction of sp³-hybridized carbons (Fsp3) is 0.455. The molecule has 1 aromatic heterocycles. The lowest BCUT2D eigenvalue weighted by Crippen LogP contribution is -2.43. The number of amides is 1. The lowest BCUT2D eigenvalue weighted by Gasteiger charge is -2.36. The van der Waals surface area contributed by atoms with E-state index in [4.69, 9.17) is 4.74 Å². The Hall–Kier alpha value is -2.91. The van der Waals surface area contributed by atoms with Gasteiger partial charge in [-0.05, 0) is 62.1 Å². The number of pyridine rings is 1. The van der Waals surface area contributed by atoms with Crippen LogP contribution in [0.2, 0.25) is 0 Å². The molecule has 3 rings (SSSR count). The number of rotatable bonds is 6. The van der Waals surface area contributed by atoms with E-state index in [1.807, 2.05) is 0 Å². The first-order chi connectivity index (χ1) is 15.1. The second kappa shape index (κ2) is 9.70. The molecule has 174 valence electrons. The van der Waals surface area contributed by atoms with E-state index >= 15 is 0 Å². The molecule has 0 spiro atoms. The van der Waals surface area contributed by atoms with Gasteiger partial charge in [-0.3, -0.25) is 4.79 Å². The van der Waals surface area contributed by atoms with Crippen LogP contribution in [0.25, 0.3) is 0 Å². The zero-order valence-corrected chi connectivity index (χ0v) is 17.6. The molecule has 0 atom stereocenters. The van der Waals surface area contributed by atoms with Crippen LogP contribution < -0.4 is 15.0 Å². The summed E-state index contributed by atoms with van der Waals surface area (Å²) in [5, 5.41) is 2.97. The number of nitrogens with one attached hydrogen (secondary N) is 1. The minimum atomic E-state index is -4.82. The number of halogens is 5. The molecule has 5 nitrogen and oxygen atoms in total. The molecule has 1 N–H and O–H groups in total. The van der Waals surface area contributed by atoms with Crippen molar-refractivity contribution in [1.82, 2.24) is 10.3 Å². The minimum absolute atomic E-state index is 0.0494. The molecule has 2 aromatic rings. The van der Waals surface area contributed by atoms with E-state index in [0.717, 1.165) is 12.1 Å². The standard InChI is InChI=1S/C22H24F5N3O2/c1-30(16-11-18(20(23)24)29-19(12-16)22(25,26)27)15-7-5-14(6-8-15)28-21(31)13-3-9-17(32-2)10-4-13/h3-4,9-12,14-15,20H,5-8H2,1-2H3,(H,28,31)/t14-,15+. The van der Waals surface area contributed by atoms with Gasteiger partial charge in [-0.25, -0.2) is 13.8 Å². The highest BCUT2D eigenvalue weighted by Gasteiger charge is 2.35. The molecule has 0 bridgehead atoms. The summed E-state index contributed by atoms with van der Waals surface area (Å²) in [6.45, 7) is 0. The third-order valence-corrected chi connectivity index (χ3v) is 5.68. The Morgan fingerprint density at radius 3 is 2.28 bits per heavy atom. The van der Waals surface area contributed by atoms with Gasteiger partial charge in [0.15, 0.2) is 0 Å². The second-order valence-electron chi connectivity index (χ2n) is 7.75. The van der Waals surface area contributed by atoms with Crippen molar-refractivity contribution in [3.8, 4) is 5.75 Å². The number of ether oxygens (including phenoxy) is 1. The fourth-order valence-electron chi connectivity index (χ4n) is 3.83. The van der Waals surface area contributed by atoms with E-state index in [1.165, 1.54) is 7.11 Å². The van der Waals surface area contributed by atoms with Crippen LogP contribution in [0.15, 0.2) is 36.4 Å². The van der Waals surface area contributed by atoms with Crippen LogP contribution in [0.3, 0.4) is 0 Å². The van der Waals surface area contributed by atoms with Gasteiger partial charge in [0.25, 0.3) is 12.3 Å². The molecule has 0 saturated heterocycles. The molecular weight excluding hydrogens is 433 g/mol. The summed E-state index contributed by atoms with van der Waals surface area (Å²) in [5.41, 5.74) is -1.69. The van der Waals surface area contributed by atoms with Gasteiger partial charge in [-0.1, -0.05) is 0 Å². The largest absolute Gasteiger partial charge is 0.497 e. The first-order valence-corrected chi connectivity index (χ1v) is 10.1. The molecule has 0 unspecified atom stereocenters. The van der Waals surface area contributed by atoms with Crippen LogP contribution in [0, 0.1) is 0 Å². The van der Waals surface area contributed by atoms with Crippen molar-refractivity contribution >= 4 is 11.6 Å². The summed E-state index contributed by atoms with van der Waals surface area (Å²) in [4.78, 5) is 17.1. The lowest BCUT2D eigenvalue weighted by molar-refractivity contribution is -0.141. The number of hydrogen-bond acceptors (Lipinski definition) is 4. The number of carbonyl (C=O) groups excluding carboxylic acids is 1. The van der Waals surface area contributed by atoms with Crippen LogP contribution in [-0.4, -0.2) is 37.1 Å². The van der Waals surface area contributed by atoms with Crippen molar-refractivity contribution in [2.75, 3.05) is 19.1 Å². The van der Waals surface area contributed by atoms with E-state index in [-0.39, 0.29) is 23.7 Å². The highest BCUT2D eigenvalue weighted by molar-refractivity contribution is 5.94. The van der Waals surface area contributed by atoms with Crippen LogP contribution >= 0.6 is 0 Å². The number of aromatic nitrogens is 1. The number of hydrogen-bond donors (Lipinski definition) is 1. The van der Waals surface area contributed by atoms with Gasteiger partial charge < -0.3 is 15.0 Å². The molecular formula is C22H24F5N3O2. The SMILES string of the molecule is COc1ccc(C(=O)N[C@H]2CC[C@@H](N(C)c3cc(C(F)F)nc(C(F)(F)F)c3)CC2)cc1. The topological polar surface area (TPSA) is 54.5 Å². The van der Waals surface area contributed by atoms with E-state index < -0.39 is 24.0 Å². The molecule has 1 aliphatic rings. The molecule has 32 heavy (non-hydrogen) atoms. The van der Waals surface area contributed by atoms with Gasteiger partial charge in [0, 0.05) is 30.4 Å². The van der Waals surface area contributed by atoms with E-state index in [2.05, 4.69) is 10.3 Å². The fourth-order valence-corrected chi connectivity index (χ4v) is 3.83. The van der Waals surface area contributed by atoms with Crippen LogP contribution in [0.1, 0.15) is 53.9 Å². The van der Waals surface area contributed by atoms with Gasteiger partial charge in [-0.2, -0.15) is 13.2 Å². The molecule has 10 heteroatoms. The smallest absolute Gasteiger partial charge is 0.433 e. The zero-order chi connectivity index (χ0) is 23.5. The van der Waals surface area contributed by atoms with Crippen LogP contribution in [0.4, 0.5) is 27.6 Å². The maximum absolute atomic E-state index is 13.1. The molecule has 0 aliphatic heterocycles. The molecule has 0 radical (unpaired) electrons. The zero-order valence-electron chi connectivity index (χ0n) is 17.6. The number of nitrogens with zero attached hydrogens (tertiary/aromatic N) is 2. The van der Waals surface area contributed by atoms with Gasteiger partial charge in [-0.15, -0.1) is 0 Å². The van der Waals surface area contributed by atoms with Crippen molar-refractivity contribution in [2.24, 2.45) is 0 Å². The van der Waals surface area contributed by atoms with E-state index in [9.17, 15) is 26.7 Å². The van der Waals surface area contributed by atoms with Crippen LogP contribution in [-0.2, 0) is 6.18 Å². The first kappa shape index (κ1) is 23.7. The average Bonchev–Trinajstić information content (AvgIpc) is 2.78. The van der Waals surface area contributed by atoms with Crippen molar-refractivity contribution in [3.63, 3.8) is 0 Å². The van der Waals surface area contributed by atoms with Crippen molar-refractivity contribution in [2.45, 2.75) is 50.4 Å². The summed E-state index contributed by atoms with van der Waals surface area (Å²) >= 11 is 0. The van der Waals surface area contributed by atoms with E-state index in [1.54, 1.807) is 36.2 Å². The molecule has 1 aliphatic carbocycles. The number of benzene rings is 1. The normalized spacial score (nSPS) is 19.0. The lowest BCUT2D eigenvalue weighted by atomic mass is 9.90. The Labute approximate surface area is 182 Å².